The van der Waals surface area contributed by atoms with Gasteiger partial charge in [-0.1, -0.05) is 0 Å². The molecular weight excluding hydrogens is 320 g/mol. The van der Waals surface area contributed by atoms with Crippen LogP contribution in [0.2, 0.25) is 0 Å². The maximum atomic E-state index is 11.9. The fourth-order valence-corrected chi connectivity index (χ4v) is 2.76. The zero-order valence-electron chi connectivity index (χ0n) is 14.0. The van der Waals surface area contributed by atoms with E-state index in [9.17, 15) is 9.59 Å². The molecule has 0 unspecified atom stereocenters. The standard InChI is InChI=1S/C18H22N4O3/c23-17(6-8-20-18(24)15-4-3-11-25-15)21-13-14-5-7-19-16(12-14)22-9-1-2-10-22/h3-5,7,11-12H,1-2,6,8-10,13H2,(H,20,24)(H,21,23). The number of nitrogens with one attached hydrogen (secondary N) is 2. The van der Waals surface area contributed by atoms with Crippen LogP contribution in [-0.2, 0) is 11.3 Å². The van der Waals surface area contributed by atoms with E-state index in [1.54, 1.807) is 18.3 Å². The van der Waals surface area contributed by atoms with E-state index in [-0.39, 0.29) is 30.5 Å². The third-order valence-electron chi connectivity index (χ3n) is 4.11. The first kappa shape index (κ1) is 17.0. The summed E-state index contributed by atoms with van der Waals surface area (Å²) in [5, 5.41) is 5.52. The average Bonchev–Trinajstić information content (AvgIpc) is 3.33. The van der Waals surface area contributed by atoms with E-state index in [4.69, 9.17) is 4.42 Å². The minimum atomic E-state index is -0.317. The number of amides is 2. The first-order chi connectivity index (χ1) is 12.2. The minimum absolute atomic E-state index is 0.112. The van der Waals surface area contributed by atoms with Crippen LogP contribution in [0.1, 0.15) is 35.4 Å². The van der Waals surface area contributed by atoms with Crippen molar-refractivity contribution in [2.45, 2.75) is 25.8 Å². The van der Waals surface area contributed by atoms with Crippen LogP contribution in [0.4, 0.5) is 5.82 Å². The number of aromatic nitrogens is 1. The normalized spacial score (nSPS) is 13.7. The number of carbonyl (C=O) groups is 2. The van der Waals surface area contributed by atoms with Gasteiger partial charge in [-0.05, 0) is 42.7 Å². The maximum absolute atomic E-state index is 11.9. The maximum Gasteiger partial charge on any atom is 0.286 e. The van der Waals surface area contributed by atoms with Crippen molar-refractivity contribution in [3.8, 4) is 0 Å². The summed E-state index contributed by atoms with van der Waals surface area (Å²) in [5.74, 6) is 0.781. The fraction of sp³-hybridized carbons (Fsp3) is 0.389. The van der Waals surface area contributed by atoms with Crippen LogP contribution in [0, 0.1) is 0 Å². The van der Waals surface area contributed by atoms with E-state index in [1.165, 1.54) is 19.1 Å². The molecular formula is C18H22N4O3. The quantitative estimate of drug-likeness (QED) is 0.800. The molecule has 0 bridgehead atoms. The molecule has 132 valence electrons. The van der Waals surface area contributed by atoms with Crippen molar-refractivity contribution in [1.82, 2.24) is 15.6 Å². The first-order valence-corrected chi connectivity index (χ1v) is 8.50. The van der Waals surface area contributed by atoms with E-state index in [0.717, 1.165) is 24.5 Å². The van der Waals surface area contributed by atoms with Crippen molar-refractivity contribution in [2.24, 2.45) is 0 Å². The highest BCUT2D eigenvalue weighted by Crippen LogP contribution is 2.18. The Hall–Kier alpha value is -2.83. The van der Waals surface area contributed by atoms with Gasteiger partial charge < -0.3 is 20.0 Å². The molecule has 0 radical (unpaired) electrons. The van der Waals surface area contributed by atoms with E-state index >= 15 is 0 Å². The second-order valence-electron chi connectivity index (χ2n) is 5.98. The molecule has 0 aliphatic carbocycles. The molecule has 2 amide bonds. The zero-order chi connectivity index (χ0) is 17.5. The zero-order valence-corrected chi connectivity index (χ0v) is 14.0. The molecule has 2 aromatic rings. The van der Waals surface area contributed by atoms with Gasteiger partial charge in [0.15, 0.2) is 5.76 Å². The molecule has 25 heavy (non-hydrogen) atoms. The molecule has 3 rings (SSSR count). The third kappa shape index (κ3) is 4.82. The highest BCUT2D eigenvalue weighted by atomic mass is 16.3. The van der Waals surface area contributed by atoms with Crippen LogP contribution in [0.3, 0.4) is 0 Å². The predicted octanol–water partition coefficient (Wildman–Crippen LogP) is 1.71. The highest BCUT2D eigenvalue weighted by Gasteiger charge is 2.14. The van der Waals surface area contributed by atoms with Gasteiger partial charge in [0.05, 0.1) is 6.26 Å². The van der Waals surface area contributed by atoms with E-state index in [0.29, 0.717) is 6.54 Å². The Morgan fingerprint density at radius 1 is 1.20 bits per heavy atom. The van der Waals surface area contributed by atoms with E-state index in [1.807, 2.05) is 12.1 Å². The lowest BCUT2D eigenvalue weighted by molar-refractivity contribution is -0.121. The van der Waals surface area contributed by atoms with Crippen LogP contribution in [0.25, 0.3) is 0 Å². The smallest absolute Gasteiger partial charge is 0.286 e. The highest BCUT2D eigenvalue weighted by molar-refractivity contribution is 5.91. The summed E-state index contributed by atoms with van der Waals surface area (Å²) in [6.07, 6.45) is 5.83. The van der Waals surface area contributed by atoms with Crippen LogP contribution in [0.15, 0.2) is 41.1 Å². The van der Waals surface area contributed by atoms with Gasteiger partial charge >= 0.3 is 0 Å². The summed E-state index contributed by atoms with van der Waals surface area (Å²) in [6.45, 7) is 2.80. The fourth-order valence-electron chi connectivity index (χ4n) is 2.76. The number of hydrogen-bond acceptors (Lipinski definition) is 5. The molecule has 0 spiro atoms. The monoisotopic (exact) mass is 342 g/mol. The molecule has 2 N–H and O–H groups in total. The largest absolute Gasteiger partial charge is 0.459 e. The number of anilines is 1. The third-order valence-corrected chi connectivity index (χ3v) is 4.11. The topological polar surface area (TPSA) is 87.5 Å². The molecule has 1 fully saturated rings. The summed E-state index contributed by atoms with van der Waals surface area (Å²) in [7, 11) is 0. The van der Waals surface area contributed by atoms with Crippen molar-refractivity contribution < 1.29 is 14.0 Å². The molecule has 1 aliphatic heterocycles. The first-order valence-electron chi connectivity index (χ1n) is 8.50. The number of carbonyl (C=O) groups excluding carboxylic acids is 2. The number of rotatable bonds is 7. The number of hydrogen-bond donors (Lipinski definition) is 2. The Morgan fingerprint density at radius 2 is 2.04 bits per heavy atom. The summed E-state index contributed by atoms with van der Waals surface area (Å²) in [6, 6.07) is 7.15. The molecule has 2 aromatic heterocycles. The molecule has 0 aromatic carbocycles. The number of nitrogens with zero attached hydrogens (tertiary/aromatic N) is 2. The van der Waals surface area contributed by atoms with Crippen LogP contribution >= 0.6 is 0 Å². The predicted molar refractivity (Wildman–Crippen MR) is 93.2 cm³/mol. The molecule has 7 heteroatoms. The molecule has 0 saturated carbocycles. The van der Waals surface area contributed by atoms with Gasteiger partial charge in [0.25, 0.3) is 5.91 Å². The van der Waals surface area contributed by atoms with E-state index < -0.39 is 0 Å². The molecule has 1 aliphatic rings. The van der Waals surface area contributed by atoms with Crippen molar-refractivity contribution in [3.63, 3.8) is 0 Å². The van der Waals surface area contributed by atoms with Crippen LogP contribution in [-0.4, -0.2) is 36.4 Å². The Bertz CT molecular complexity index is 709. The lowest BCUT2D eigenvalue weighted by atomic mass is 10.2. The summed E-state index contributed by atoms with van der Waals surface area (Å²) in [5.41, 5.74) is 1.02. The van der Waals surface area contributed by atoms with Crippen LogP contribution in [0.5, 0.6) is 0 Å². The second kappa shape index (κ2) is 8.32. The average molecular weight is 342 g/mol. The Morgan fingerprint density at radius 3 is 2.80 bits per heavy atom. The van der Waals surface area contributed by atoms with Gasteiger partial charge in [0.1, 0.15) is 5.82 Å². The van der Waals surface area contributed by atoms with Crippen molar-refractivity contribution in [3.05, 3.63) is 48.0 Å². The van der Waals surface area contributed by atoms with Crippen molar-refractivity contribution >= 4 is 17.6 Å². The van der Waals surface area contributed by atoms with Gasteiger partial charge in [0, 0.05) is 38.8 Å². The Kier molecular flexibility index (Phi) is 5.66. The minimum Gasteiger partial charge on any atom is -0.459 e. The number of pyridine rings is 1. The summed E-state index contributed by atoms with van der Waals surface area (Å²) >= 11 is 0. The molecule has 0 atom stereocenters. The van der Waals surface area contributed by atoms with Gasteiger partial charge in [-0.2, -0.15) is 0 Å². The van der Waals surface area contributed by atoms with Gasteiger partial charge in [-0.25, -0.2) is 4.98 Å². The van der Waals surface area contributed by atoms with E-state index in [2.05, 4.69) is 20.5 Å². The molecule has 1 saturated heterocycles. The van der Waals surface area contributed by atoms with Gasteiger partial charge in [-0.3, -0.25) is 9.59 Å². The Balaban J connectivity index is 1.40. The van der Waals surface area contributed by atoms with Crippen LogP contribution < -0.4 is 15.5 Å². The van der Waals surface area contributed by atoms with Gasteiger partial charge in [-0.15, -0.1) is 0 Å². The summed E-state index contributed by atoms with van der Waals surface area (Å²) < 4.78 is 4.99. The number of furan rings is 1. The van der Waals surface area contributed by atoms with Crippen molar-refractivity contribution in [1.29, 1.82) is 0 Å². The summed E-state index contributed by atoms with van der Waals surface area (Å²) in [4.78, 5) is 30.3. The molecule has 3 heterocycles. The molecule has 7 nitrogen and oxygen atoms in total. The lowest BCUT2D eigenvalue weighted by Gasteiger charge is -2.17. The second-order valence-corrected chi connectivity index (χ2v) is 5.98. The SMILES string of the molecule is O=C(CCNC(=O)c1ccco1)NCc1ccnc(N2CCCC2)c1. The van der Waals surface area contributed by atoms with Crippen molar-refractivity contribution in [2.75, 3.05) is 24.5 Å². The van der Waals surface area contributed by atoms with Gasteiger partial charge in [0.2, 0.25) is 5.91 Å². The lowest BCUT2D eigenvalue weighted by Crippen LogP contribution is -2.30. The Labute approximate surface area is 146 Å².